The molecular weight excluding hydrogens is 350 g/mol. The summed E-state index contributed by atoms with van der Waals surface area (Å²) in [5, 5.41) is 21.3. The number of hydrogen-bond acceptors (Lipinski definition) is 6. The van der Waals surface area contributed by atoms with Gasteiger partial charge in [0.25, 0.3) is 11.6 Å². The standard InChI is InChI=1S/C18H15N5O4/c1-27-17-8-3-2-7-14(17)15-10-16(21-20-15)18(24)22-19-11-12-5-4-6-13(9-12)23(25)26/h2-11H,1H3,(H,20,21)(H,22,24). The third-order valence-corrected chi connectivity index (χ3v) is 3.67. The van der Waals surface area contributed by atoms with Gasteiger partial charge in [0.2, 0.25) is 0 Å². The number of nitro groups is 1. The number of methoxy groups -OCH3 is 1. The number of aromatic nitrogens is 2. The maximum atomic E-state index is 12.2. The summed E-state index contributed by atoms with van der Waals surface area (Å²) in [7, 11) is 1.56. The Morgan fingerprint density at radius 2 is 2.07 bits per heavy atom. The second-order valence-corrected chi connectivity index (χ2v) is 5.42. The highest BCUT2D eigenvalue weighted by Gasteiger charge is 2.13. The van der Waals surface area contributed by atoms with E-state index in [0.29, 0.717) is 17.0 Å². The van der Waals surface area contributed by atoms with Gasteiger partial charge in [-0.3, -0.25) is 20.0 Å². The van der Waals surface area contributed by atoms with Gasteiger partial charge in [0.15, 0.2) is 0 Å². The maximum Gasteiger partial charge on any atom is 0.289 e. The first-order valence-corrected chi connectivity index (χ1v) is 7.85. The van der Waals surface area contributed by atoms with Gasteiger partial charge in [-0.25, -0.2) is 5.43 Å². The summed E-state index contributed by atoms with van der Waals surface area (Å²) in [5.74, 6) is 0.143. The van der Waals surface area contributed by atoms with Crippen LogP contribution in [-0.4, -0.2) is 34.4 Å². The first-order valence-electron chi connectivity index (χ1n) is 7.85. The Morgan fingerprint density at radius 1 is 1.26 bits per heavy atom. The molecule has 1 heterocycles. The number of hydrazone groups is 1. The van der Waals surface area contributed by atoms with E-state index in [9.17, 15) is 14.9 Å². The molecule has 0 aliphatic carbocycles. The van der Waals surface area contributed by atoms with E-state index in [4.69, 9.17) is 4.74 Å². The van der Waals surface area contributed by atoms with Gasteiger partial charge >= 0.3 is 0 Å². The molecule has 3 aromatic rings. The summed E-state index contributed by atoms with van der Waals surface area (Å²) < 4.78 is 5.28. The summed E-state index contributed by atoms with van der Waals surface area (Å²) in [6, 6.07) is 14.8. The molecule has 0 saturated heterocycles. The monoisotopic (exact) mass is 365 g/mol. The SMILES string of the molecule is COc1ccccc1-c1cc(C(=O)NN=Cc2cccc([N+](=O)[O-])c2)[nH]n1. The number of hydrogen-bond donors (Lipinski definition) is 2. The van der Waals surface area contributed by atoms with Gasteiger partial charge in [-0.05, 0) is 18.2 Å². The number of para-hydroxylation sites is 1. The summed E-state index contributed by atoms with van der Waals surface area (Å²) >= 11 is 0. The molecule has 9 nitrogen and oxygen atoms in total. The molecule has 27 heavy (non-hydrogen) atoms. The fourth-order valence-corrected chi connectivity index (χ4v) is 2.38. The van der Waals surface area contributed by atoms with E-state index in [1.54, 1.807) is 25.3 Å². The van der Waals surface area contributed by atoms with Crippen molar-refractivity contribution in [1.29, 1.82) is 0 Å². The molecule has 9 heteroatoms. The molecule has 0 fully saturated rings. The van der Waals surface area contributed by atoms with Gasteiger partial charge in [-0.2, -0.15) is 10.2 Å². The van der Waals surface area contributed by atoms with E-state index in [1.807, 2.05) is 18.2 Å². The number of nitrogens with one attached hydrogen (secondary N) is 2. The van der Waals surface area contributed by atoms with Crippen molar-refractivity contribution in [3.05, 3.63) is 76.0 Å². The number of carbonyl (C=O) groups is 1. The Kier molecular flexibility index (Phi) is 5.22. The van der Waals surface area contributed by atoms with Crippen molar-refractivity contribution in [2.45, 2.75) is 0 Å². The number of rotatable bonds is 6. The number of nitrogens with zero attached hydrogens (tertiary/aromatic N) is 3. The van der Waals surface area contributed by atoms with Crippen LogP contribution in [0.15, 0.2) is 59.7 Å². The van der Waals surface area contributed by atoms with Gasteiger partial charge in [0.05, 0.1) is 23.9 Å². The van der Waals surface area contributed by atoms with Gasteiger partial charge in [-0.1, -0.05) is 24.3 Å². The van der Waals surface area contributed by atoms with E-state index < -0.39 is 10.8 Å². The van der Waals surface area contributed by atoms with Crippen LogP contribution < -0.4 is 10.2 Å². The number of non-ortho nitro benzene ring substituents is 1. The summed E-state index contributed by atoms with van der Waals surface area (Å²) in [6.07, 6.45) is 1.32. The number of ether oxygens (including phenoxy) is 1. The largest absolute Gasteiger partial charge is 0.496 e. The predicted octanol–water partition coefficient (Wildman–Crippen LogP) is 2.76. The molecule has 2 aromatic carbocycles. The molecule has 0 bridgehead atoms. The lowest BCUT2D eigenvalue weighted by Gasteiger charge is -2.04. The molecule has 3 rings (SSSR count). The lowest BCUT2D eigenvalue weighted by molar-refractivity contribution is -0.384. The third kappa shape index (κ3) is 4.15. The quantitative estimate of drug-likeness (QED) is 0.395. The number of amides is 1. The van der Waals surface area contributed by atoms with Crippen LogP contribution in [0.4, 0.5) is 5.69 Å². The van der Waals surface area contributed by atoms with Gasteiger partial charge < -0.3 is 4.74 Å². The third-order valence-electron chi connectivity index (χ3n) is 3.67. The Morgan fingerprint density at radius 3 is 2.85 bits per heavy atom. The van der Waals surface area contributed by atoms with Crippen molar-refractivity contribution in [2.24, 2.45) is 5.10 Å². The van der Waals surface area contributed by atoms with Crippen LogP contribution in [0.2, 0.25) is 0 Å². The molecule has 0 unspecified atom stereocenters. The molecule has 2 N–H and O–H groups in total. The molecule has 1 amide bonds. The molecule has 136 valence electrons. The van der Waals surface area contributed by atoms with Crippen molar-refractivity contribution < 1.29 is 14.5 Å². The fraction of sp³-hybridized carbons (Fsp3) is 0.0556. The van der Waals surface area contributed by atoms with E-state index in [2.05, 4.69) is 20.7 Å². The number of benzene rings is 2. The predicted molar refractivity (Wildman–Crippen MR) is 98.7 cm³/mol. The minimum atomic E-state index is -0.500. The van der Waals surface area contributed by atoms with Crippen LogP contribution in [0.3, 0.4) is 0 Å². The highest BCUT2D eigenvalue weighted by molar-refractivity contribution is 5.94. The number of carbonyl (C=O) groups excluding carboxylic acids is 1. The van der Waals surface area contributed by atoms with Crippen molar-refractivity contribution in [1.82, 2.24) is 15.6 Å². The fourth-order valence-electron chi connectivity index (χ4n) is 2.38. The summed E-state index contributed by atoms with van der Waals surface area (Å²) in [4.78, 5) is 22.4. The van der Waals surface area contributed by atoms with E-state index in [1.165, 1.54) is 24.4 Å². The van der Waals surface area contributed by atoms with E-state index in [-0.39, 0.29) is 11.4 Å². The topological polar surface area (TPSA) is 123 Å². The molecule has 0 spiro atoms. The van der Waals surface area contributed by atoms with Gasteiger partial charge in [0.1, 0.15) is 11.4 Å². The Hall–Kier alpha value is -4.01. The first kappa shape index (κ1) is 17.8. The van der Waals surface area contributed by atoms with Crippen LogP contribution >= 0.6 is 0 Å². The normalized spacial score (nSPS) is 10.7. The average Bonchev–Trinajstić information content (AvgIpc) is 3.18. The van der Waals surface area contributed by atoms with Crippen molar-refractivity contribution in [3.8, 4) is 17.0 Å². The Labute approximate surface area is 153 Å². The second kappa shape index (κ2) is 7.91. The molecule has 0 aliphatic heterocycles. The van der Waals surface area contributed by atoms with Crippen LogP contribution in [0.5, 0.6) is 5.75 Å². The lowest BCUT2D eigenvalue weighted by Crippen LogP contribution is -2.18. The van der Waals surface area contributed by atoms with Gasteiger partial charge in [-0.15, -0.1) is 0 Å². The number of H-pyrrole nitrogens is 1. The zero-order chi connectivity index (χ0) is 19.2. The summed E-state index contributed by atoms with van der Waals surface area (Å²) in [5.41, 5.74) is 4.30. The average molecular weight is 365 g/mol. The zero-order valence-electron chi connectivity index (χ0n) is 14.2. The molecular formula is C18H15N5O4. The Balaban J connectivity index is 1.70. The zero-order valence-corrected chi connectivity index (χ0v) is 14.2. The molecule has 0 radical (unpaired) electrons. The van der Waals surface area contributed by atoms with E-state index in [0.717, 1.165) is 5.56 Å². The van der Waals surface area contributed by atoms with E-state index >= 15 is 0 Å². The van der Waals surface area contributed by atoms with Crippen molar-refractivity contribution >= 4 is 17.8 Å². The number of nitro benzene ring substituents is 1. The lowest BCUT2D eigenvalue weighted by atomic mass is 10.1. The van der Waals surface area contributed by atoms with Crippen molar-refractivity contribution in [2.75, 3.05) is 7.11 Å². The minimum absolute atomic E-state index is 0.0553. The molecule has 0 saturated carbocycles. The summed E-state index contributed by atoms with van der Waals surface area (Å²) in [6.45, 7) is 0. The second-order valence-electron chi connectivity index (χ2n) is 5.42. The van der Waals surface area contributed by atoms with Gasteiger partial charge in [0, 0.05) is 23.3 Å². The Bertz CT molecular complexity index is 1010. The number of aromatic amines is 1. The smallest absolute Gasteiger partial charge is 0.289 e. The molecule has 0 aliphatic rings. The molecule has 1 aromatic heterocycles. The van der Waals surface area contributed by atoms with Crippen LogP contribution in [-0.2, 0) is 0 Å². The highest BCUT2D eigenvalue weighted by atomic mass is 16.6. The van der Waals surface area contributed by atoms with Crippen LogP contribution in [0, 0.1) is 10.1 Å². The minimum Gasteiger partial charge on any atom is -0.496 e. The van der Waals surface area contributed by atoms with Crippen molar-refractivity contribution in [3.63, 3.8) is 0 Å². The maximum absolute atomic E-state index is 12.2. The molecule has 0 atom stereocenters. The van der Waals surface area contributed by atoms with Crippen LogP contribution in [0.1, 0.15) is 16.1 Å². The van der Waals surface area contributed by atoms with Crippen LogP contribution in [0.25, 0.3) is 11.3 Å². The highest BCUT2D eigenvalue weighted by Crippen LogP contribution is 2.28. The first-order chi connectivity index (χ1) is 13.1.